The van der Waals surface area contributed by atoms with Crippen LogP contribution in [0, 0.1) is 20.8 Å². The van der Waals surface area contributed by atoms with Gasteiger partial charge in [0.2, 0.25) is 5.89 Å². The van der Waals surface area contributed by atoms with Gasteiger partial charge in [0.05, 0.1) is 5.69 Å². The fourth-order valence-corrected chi connectivity index (χ4v) is 2.21. The molecule has 0 saturated carbocycles. The van der Waals surface area contributed by atoms with Crippen LogP contribution in [0.3, 0.4) is 0 Å². The molecular weight excluding hydrogens is 238 g/mol. The molecule has 0 aliphatic rings. The third-order valence-corrected chi connectivity index (χ3v) is 3.30. The molecule has 7 heteroatoms. The van der Waals surface area contributed by atoms with Gasteiger partial charge in [0.25, 0.3) is 5.22 Å². The summed E-state index contributed by atoms with van der Waals surface area (Å²) in [6, 6.07) is 0. The van der Waals surface area contributed by atoms with E-state index in [1.165, 1.54) is 11.8 Å². The summed E-state index contributed by atoms with van der Waals surface area (Å²) >= 11 is 1.29. The van der Waals surface area contributed by atoms with E-state index in [2.05, 4.69) is 20.4 Å². The topological polar surface area (TPSA) is 90.7 Å². The molecule has 90 valence electrons. The van der Waals surface area contributed by atoms with Crippen molar-refractivity contribution in [2.45, 2.75) is 37.6 Å². The normalized spacial score (nSPS) is 10.8. The first-order valence-corrected chi connectivity index (χ1v) is 5.94. The van der Waals surface area contributed by atoms with Crippen LogP contribution in [0.2, 0.25) is 0 Å². The Morgan fingerprint density at radius 3 is 2.47 bits per heavy atom. The predicted octanol–water partition coefficient (Wildman–Crippen LogP) is 1.39. The molecule has 0 aromatic carbocycles. The molecule has 0 aliphatic carbocycles. The maximum absolute atomic E-state index is 5.73. The van der Waals surface area contributed by atoms with E-state index in [4.69, 9.17) is 10.2 Å². The molecule has 0 aliphatic heterocycles. The molecule has 6 nitrogen and oxygen atoms in total. The largest absolute Gasteiger partial charge is 0.416 e. The van der Waals surface area contributed by atoms with Crippen LogP contribution in [0.15, 0.2) is 14.7 Å². The second-order valence-corrected chi connectivity index (χ2v) is 4.53. The minimum absolute atomic E-state index is 0.414. The van der Waals surface area contributed by atoms with Crippen LogP contribution in [-0.2, 0) is 6.54 Å². The Hall–Kier alpha value is -1.47. The zero-order valence-corrected chi connectivity index (χ0v) is 10.7. The lowest BCUT2D eigenvalue weighted by molar-refractivity contribution is 0.429. The van der Waals surface area contributed by atoms with Crippen LogP contribution in [-0.4, -0.2) is 20.4 Å². The fourth-order valence-electron chi connectivity index (χ4n) is 1.36. The molecule has 0 unspecified atom stereocenters. The standard InChI is InChI=1S/C10H13N5OS/c1-5-6(2)12-14-9(8(5)4-11)17-10-15-13-7(3)16-10/h4,11H2,1-3H3. The number of hydrogen-bond acceptors (Lipinski definition) is 7. The summed E-state index contributed by atoms with van der Waals surface area (Å²) in [6.45, 7) is 6.05. The molecule has 2 aromatic rings. The Kier molecular flexibility index (Phi) is 3.39. The van der Waals surface area contributed by atoms with Crippen LogP contribution in [0.25, 0.3) is 0 Å². The molecule has 17 heavy (non-hydrogen) atoms. The summed E-state index contributed by atoms with van der Waals surface area (Å²) in [4.78, 5) is 0. The maximum atomic E-state index is 5.73. The molecule has 0 radical (unpaired) electrons. The molecule has 0 bridgehead atoms. The molecule has 2 N–H and O–H groups in total. The number of hydrogen-bond donors (Lipinski definition) is 1. The molecular formula is C10H13N5OS. The number of nitrogens with zero attached hydrogens (tertiary/aromatic N) is 4. The highest BCUT2D eigenvalue weighted by Crippen LogP contribution is 2.29. The predicted molar refractivity (Wildman–Crippen MR) is 62.6 cm³/mol. The Morgan fingerprint density at radius 1 is 1.12 bits per heavy atom. The van der Waals surface area contributed by atoms with Crippen molar-refractivity contribution >= 4 is 11.8 Å². The van der Waals surface area contributed by atoms with E-state index < -0.39 is 0 Å². The van der Waals surface area contributed by atoms with Gasteiger partial charge in [-0.25, -0.2) is 0 Å². The monoisotopic (exact) mass is 251 g/mol. The number of nitrogens with two attached hydrogens (primary N) is 1. The Bertz CT molecular complexity index is 539. The highest BCUT2D eigenvalue weighted by Gasteiger charge is 2.14. The van der Waals surface area contributed by atoms with Gasteiger partial charge >= 0.3 is 0 Å². The zero-order valence-electron chi connectivity index (χ0n) is 9.89. The SMILES string of the molecule is Cc1nnc(Sc2nnc(C)c(C)c2CN)o1. The first-order chi connectivity index (χ1) is 8.11. The Labute approximate surface area is 103 Å². The van der Waals surface area contributed by atoms with Crippen LogP contribution >= 0.6 is 11.8 Å². The molecule has 2 aromatic heterocycles. The maximum Gasteiger partial charge on any atom is 0.283 e. The van der Waals surface area contributed by atoms with Crippen molar-refractivity contribution in [2.75, 3.05) is 0 Å². The Morgan fingerprint density at radius 2 is 1.88 bits per heavy atom. The summed E-state index contributed by atoms with van der Waals surface area (Å²) < 4.78 is 5.29. The fraction of sp³-hybridized carbons (Fsp3) is 0.400. The lowest BCUT2D eigenvalue weighted by Crippen LogP contribution is -2.06. The van der Waals surface area contributed by atoms with E-state index in [0.717, 1.165) is 21.8 Å². The van der Waals surface area contributed by atoms with E-state index in [-0.39, 0.29) is 0 Å². The van der Waals surface area contributed by atoms with Crippen molar-refractivity contribution in [1.29, 1.82) is 0 Å². The minimum atomic E-state index is 0.414. The van der Waals surface area contributed by atoms with Gasteiger partial charge in [-0.1, -0.05) is 0 Å². The van der Waals surface area contributed by atoms with Gasteiger partial charge in [-0.3, -0.25) is 0 Å². The van der Waals surface area contributed by atoms with Gasteiger partial charge in [0.15, 0.2) is 0 Å². The summed E-state index contributed by atoms with van der Waals surface area (Å²) in [6.07, 6.45) is 0. The van der Waals surface area contributed by atoms with Crippen molar-refractivity contribution in [2.24, 2.45) is 5.73 Å². The second kappa shape index (κ2) is 4.80. The molecule has 0 amide bonds. The van der Waals surface area contributed by atoms with Gasteiger partial charge < -0.3 is 10.2 Å². The lowest BCUT2D eigenvalue weighted by atomic mass is 10.1. The van der Waals surface area contributed by atoms with Gasteiger partial charge in [-0.05, 0) is 31.2 Å². The van der Waals surface area contributed by atoms with Crippen molar-refractivity contribution in [1.82, 2.24) is 20.4 Å². The number of rotatable bonds is 3. The van der Waals surface area contributed by atoms with E-state index in [1.54, 1.807) is 6.92 Å². The van der Waals surface area contributed by atoms with E-state index in [9.17, 15) is 0 Å². The summed E-state index contributed by atoms with van der Waals surface area (Å²) in [5, 5.41) is 17.0. The smallest absolute Gasteiger partial charge is 0.283 e. The molecule has 2 rings (SSSR count). The number of aryl methyl sites for hydroxylation is 2. The molecule has 0 fully saturated rings. The van der Waals surface area contributed by atoms with E-state index in [1.807, 2.05) is 13.8 Å². The number of aromatic nitrogens is 4. The molecule has 2 heterocycles. The quantitative estimate of drug-likeness (QED) is 0.881. The van der Waals surface area contributed by atoms with Gasteiger partial charge in [-0.15, -0.1) is 15.3 Å². The minimum Gasteiger partial charge on any atom is -0.416 e. The van der Waals surface area contributed by atoms with Crippen molar-refractivity contribution in [3.8, 4) is 0 Å². The Balaban J connectivity index is 2.36. The van der Waals surface area contributed by atoms with Gasteiger partial charge in [0, 0.05) is 19.0 Å². The zero-order chi connectivity index (χ0) is 12.4. The highest BCUT2D eigenvalue weighted by molar-refractivity contribution is 7.99. The van der Waals surface area contributed by atoms with Crippen molar-refractivity contribution in [3.05, 3.63) is 22.7 Å². The van der Waals surface area contributed by atoms with Crippen LogP contribution in [0.4, 0.5) is 0 Å². The highest BCUT2D eigenvalue weighted by atomic mass is 32.2. The third kappa shape index (κ3) is 2.45. The summed E-state index contributed by atoms with van der Waals surface area (Å²) in [7, 11) is 0. The van der Waals surface area contributed by atoms with Crippen LogP contribution in [0.1, 0.15) is 22.7 Å². The summed E-state index contributed by atoms with van der Waals surface area (Å²) in [5.74, 6) is 0.526. The van der Waals surface area contributed by atoms with Crippen LogP contribution in [0.5, 0.6) is 0 Å². The van der Waals surface area contributed by atoms with Gasteiger partial charge in [-0.2, -0.15) is 5.10 Å². The molecule has 0 saturated heterocycles. The van der Waals surface area contributed by atoms with Gasteiger partial charge in [0.1, 0.15) is 5.03 Å². The molecule has 0 spiro atoms. The lowest BCUT2D eigenvalue weighted by Gasteiger charge is -2.08. The second-order valence-electron chi connectivity index (χ2n) is 3.59. The third-order valence-electron chi connectivity index (χ3n) is 2.44. The molecule has 0 atom stereocenters. The van der Waals surface area contributed by atoms with E-state index >= 15 is 0 Å². The van der Waals surface area contributed by atoms with Crippen molar-refractivity contribution in [3.63, 3.8) is 0 Å². The summed E-state index contributed by atoms with van der Waals surface area (Å²) in [5.41, 5.74) is 8.64. The first kappa shape index (κ1) is 12.0. The van der Waals surface area contributed by atoms with E-state index in [0.29, 0.717) is 17.7 Å². The average molecular weight is 251 g/mol. The first-order valence-electron chi connectivity index (χ1n) is 5.12. The van der Waals surface area contributed by atoms with Crippen LogP contribution < -0.4 is 5.73 Å². The van der Waals surface area contributed by atoms with Crippen molar-refractivity contribution < 1.29 is 4.42 Å². The average Bonchev–Trinajstić information content (AvgIpc) is 2.70.